The van der Waals surface area contributed by atoms with Crippen LogP contribution in [0.5, 0.6) is 0 Å². The number of sulfone groups is 1. The van der Waals surface area contributed by atoms with E-state index in [4.69, 9.17) is 4.98 Å². The minimum Gasteiger partial charge on any atom is -0.351 e. The summed E-state index contributed by atoms with van der Waals surface area (Å²) in [5.74, 6) is 1.06. The van der Waals surface area contributed by atoms with Crippen molar-refractivity contribution in [3.63, 3.8) is 0 Å². The van der Waals surface area contributed by atoms with Crippen molar-refractivity contribution in [1.29, 1.82) is 0 Å². The van der Waals surface area contributed by atoms with E-state index in [-0.39, 0.29) is 15.6 Å². The van der Waals surface area contributed by atoms with E-state index in [0.717, 1.165) is 35.2 Å². The number of benzene rings is 3. The molecule has 0 radical (unpaired) electrons. The Kier molecular flexibility index (Phi) is 5.07. The fraction of sp³-hybridized carbons (Fsp3) is 0.222. The number of para-hydroxylation sites is 1. The van der Waals surface area contributed by atoms with Gasteiger partial charge in [0.25, 0.3) is 0 Å². The standard InChI is InChI=1S/C27H25N5O2S/c1-18(2)19-11-13-22(14-12-19)35(33,34)27-26-28-25(23-9-5-6-10-24(23)32(26)30-29-27)31-16-15-20-7-3-4-8-21(20)17-31/h3-14,18H,15-17H2,1-2H3. The van der Waals surface area contributed by atoms with Crippen LogP contribution in [0.25, 0.3) is 16.6 Å². The van der Waals surface area contributed by atoms with Gasteiger partial charge in [-0.05, 0) is 53.3 Å². The Labute approximate surface area is 204 Å². The number of anilines is 1. The van der Waals surface area contributed by atoms with E-state index in [1.807, 2.05) is 42.5 Å². The minimum atomic E-state index is -3.90. The topological polar surface area (TPSA) is 80.5 Å². The molecule has 0 bridgehead atoms. The third-order valence-electron chi connectivity index (χ3n) is 6.74. The molecule has 0 saturated heterocycles. The van der Waals surface area contributed by atoms with Gasteiger partial charge in [-0.3, -0.25) is 0 Å². The van der Waals surface area contributed by atoms with Gasteiger partial charge in [0.2, 0.25) is 14.9 Å². The quantitative estimate of drug-likeness (QED) is 0.365. The first-order valence-electron chi connectivity index (χ1n) is 11.7. The van der Waals surface area contributed by atoms with Crippen LogP contribution in [0, 0.1) is 0 Å². The van der Waals surface area contributed by atoms with Crippen LogP contribution in [0.15, 0.2) is 82.7 Å². The molecule has 3 aromatic carbocycles. The first-order valence-corrected chi connectivity index (χ1v) is 13.2. The van der Waals surface area contributed by atoms with Gasteiger partial charge in [0, 0.05) is 18.5 Å². The molecule has 0 aliphatic carbocycles. The highest BCUT2D eigenvalue weighted by atomic mass is 32.2. The number of aromatic nitrogens is 4. The summed E-state index contributed by atoms with van der Waals surface area (Å²) >= 11 is 0. The molecule has 35 heavy (non-hydrogen) atoms. The van der Waals surface area contributed by atoms with Crippen molar-refractivity contribution in [2.24, 2.45) is 0 Å². The lowest BCUT2D eigenvalue weighted by Gasteiger charge is -2.30. The normalized spacial score (nSPS) is 14.1. The van der Waals surface area contributed by atoms with Gasteiger partial charge < -0.3 is 4.90 Å². The first kappa shape index (κ1) is 21.7. The Morgan fingerprint density at radius 2 is 1.60 bits per heavy atom. The number of hydrogen-bond acceptors (Lipinski definition) is 6. The Morgan fingerprint density at radius 1 is 0.886 bits per heavy atom. The highest BCUT2D eigenvalue weighted by Crippen LogP contribution is 2.32. The summed E-state index contributed by atoms with van der Waals surface area (Å²) in [5, 5.41) is 9.12. The molecule has 0 saturated carbocycles. The Balaban J connectivity index is 1.52. The average Bonchev–Trinajstić information content (AvgIpc) is 3.33. The molecule has 1 aliphatic heterocycles. The van der Waals surface area contributed by atoms with Crippen LogP contribution in [0.1, 0.15) is 36.5 Å². The van der Waals surface area contributed by atoms with Crippen LogP contribution in [-0.2, 0) is 22.8 Å². The van der Waals surface area contributed by atoms with Crippen molar-refractivity contribution < 1.29 is 8.42 Å². The summed E-state index contributed by atoms with van der Waals surface area (Å²) in [6.07, 6.45) is 0.905. The highest BCUT2D eigenvalue weighted by molar-refractivity contribution is 7.91. The zero-order valence-electron chi connectivity index (χ0n) is 19.6. The zero-order chi connectivity index (χ0) is 24.2. The molecule has 8 heteroatoms. The molecule has 0 amide bonds. The molecule has 7 nitrogen and oxygen atoms in total. The summed E-state index contributed by atoms with van der Waals surface area (Å²) in [7, 11) is -3.90. The van der Waals surface area contributed by atoms with Gasteiger partial charge in [-0.15, -0.1) is 5.10 Å². The zero-order valence-corrected chi connectivity index (χ0v) is 20.4. The van der Waals surface area contributed by atoms with Gasteiger partial charge in [-0.2, -0.15) is 4.52 Å². The van der Waals surface area contributed by atoms with Crippen molar-refractivity contribution in [1.82, 2.24) is 19.8 Å². The van der Waals surface area contributed by atoms with E-state index in [9.17, 15) is 8.42 Å². The molecule has 5 aromatic rings. The second-order valence-electron chi connectivity index (χ2n) is 9.25. The van der Waals surface area contributed by atoms with Crippen LogP contribution in [0.3, 0.4) is 0 Å². The van der Waals surface area contributed by atoms with Gasteiger partial charge in [-0.1, -0.05) is 67.6 Å². The maximum Gasteiger partial charge on any atom is 0.229 e. The Morgan fingerprint density at radius 3 is 2.37 bits per heavy atom. The lowest BCUT2D eigenvalue weighted by Crippen LogP contribution is -2.31. The summed E-state index contributed by atoms with van der Waals surface area (Å²) in [5.41, 5.74) is 4.69. The molecular formula is C27H25N5O2S. The number of nitrogens with zero attached hydrogens (tertiary/aromatic N) is 5. The van der Waals surface area contributed by atoms with Crippen LogP contribution < -0.4 is 4.90 Å². The van der Waals surface area contributed by atoms with E-state index < -0.39 is 9.84 Å². The molecule has 0 unspecified atom stereocenters. The molecule has 6 rings (SSSR count). The van der Waals surface area contributed by atoms with Crippen LogP contribution in [0.2, 0.25) is 0 Å². The summed E-state index contributed by atoms with van der Waals surface area (Å²) < 4.78 is 28.7. The molecule has 2 aromatic heterocycles. The van der Waals surface area contributed by atoms with E-state index in [1.54, 1.807) is 12.1 Å². The molecule has 0 N–H and O–H groups in total. The fourth-order valence-electron chi connectivity index (χ4n) is 4.76. The van der Waals surface area contributed by atoms with Crippen molar-refractivity contribution in [2.45, 2.75) is 42.7 Å². The van der Waals surface area contributed by atoms with E-state index >= 15 is 0 Å². The predicted octanol–water partition coefficient (Wildman–Crippen LogP) is 4.80. The van der Waals surface area contributed by atoms with Crippen LogP contribution in [-0.4, -0.2) is 34.8 Å². The maximum absolute atomic E-state index is 13.6. The van der Waals surface area contributed by atoms with Gasteiger partial charge in [-0.25, -0.2) is 13.4 Å². The second kappa shape index (κ2) is 8.16. The van der Waals surface area contributed by atoms with E-state index in [1.165, 1.54) is 15.6 Å². The number of fused-ring (bicyclic) bond motifs is 4. The van der Waals surface area contributed by atoms with Gasteiger partial charge in [0.15, 0.2) is 5.65 Å². The SMILES string of the molecule is CC(C)c1ccc(S(=O)(=O)c2nnn3c2nc(N2CCc4ccccc4C2)c2ccccc23)cc1. The molecule has 3 heterocycles. The lowest BCUT2D eigenvalue weighted by molar-refractivity contribution is 0.592. The summed E-state index contributed by atoms with van der Waals surface area (Å²) in [4.78, 5) is 7.28. The highest BCUT2D eigenvalue weighted by Gasteiger charge is 2.28. The number of hydrogen-bond donors (Lipinski definition) is 0. The predicted molar refractivity (Wildman–Crippen MR) is 135 cm³/mol. The van der Waals surface area contributed by atoms with Crippen LogP contribution in [0.4, 0.5) is 5.82 Å². The smallest absolute Gasteiger partial charge is 0.229 e. The maximum atomic E-state index is 13.6. The molecule has 176 valence electrons. The molecule has 1 aliphatic rings. The third kappa shape index (κ3) is 3.56. The van der Waals surface area contributed by atoms with Gasteiger partial charge >= 0.3 is 0 Å². The number of rotatable bonds is 4. The Bertz CT molecular complexity index is 1670. The lowest BCUT2D eigenvalue weighted by atomic mass is 10.00. The van der Waals surface area contributed by atoms with Crippen LogP contribution >= 0.6 is 0 Å². The molecule has 0 spiro atoms. The van der Waals surface area contributed by atoms with E-state index in [0.29, 0.717) is 12.5 Å². The third-order valence-corrected chi connectivity index (χ3v) is 8.41. The first-order chi connectivity index (χ1) is 16.9. The van der Waals surface area contributed by atoms with Gasteiger partial charge in [0.05, 0.1) is 10.4 Å². The monoisotopic (exact) mass is 483 g/mol. The largest absolute Gasteiger partial charge is 0.351 e. The van der Waals surface area contributed by atoms with Crippen molar-refractivity contribution in [3.05, 3.63) is 89.5 Å². The summed E-state index contributed by atoms with van der Waals surface area (Å²) in [6, 6.07) is 23.2. The average molecular weight is 484 g/mol. The molecule has 0 fully saturated rings. The van der Waals surface area contributed by atoms with E-state index in [2.05, 4.69) is 47.3 Å². The second-order valence-corrected chi connectivity index (χ2v) is 11.1. The Hall–Kier alpha value is -3.78. The minimum absolute atomic E-state index is 0.126. The summed E-state index contributed by atoms with van der Waals surface area (Å²) in [6.45, 7) is 5.66. The van der Waals surface area contributed by atoms with Crippen molar-refractivity contribution >= 4 is 32.2 Å². The van der Waals surface area contributed by atoms with Crippen molar-refractivity contribution in [3.8, 4) is 0 Å². The molecular weight excluding hydrogens is 458 g/mol. The molecule has 0 atom stereocenters. The van der Waals surface area contributed by atoms with Gasteiger partial charge in [0.1, 0.15) is 5.82 Å². The van der Waals surface area contributed by atoms with Crippen molar-refractivity contribution in [2.75, 3.05) is 11.4 Å². The fourth-order valence-corrected chi connectivity index (χ4v) is 6.00.